The van der Waals surface area contributed by atoms with Crippen LogP contribution < -0.4 is 10.6 Å². The van der Waals surface area contributed by atoms with Gasteiger partial charge < -0.3 is 20.3 Å². The van der Waals surface area contributed by atoms with Gasteiger partial charge in [-0.25, -0.2) is 8.78 Å². The van der Waals surface area contributed by atoms with Crippen LogP contribution in [0.1, 0.15) is 24.8 Å². The maximum Gasteiger partial charge on any atom is 0.240 e. The summed E-state index contributed by atoms with van der Waals surface area (Å²) in [6.45, 7) is 2.23. The molecular formula is C18H23F2N3O3. The Morgan fingerprint density at radius 1 is 1.31 bits per heavy atom. The molecule has 0 aliphatic carbocycles. The van der Waals surface area contributed by atoms with Crippen molar-refractivity contribution in [1.82, 2.24) is 15.5 Å². The largest absolute Gasteiger partial charge is 0.376 e. The molecule has 0 saturated carbocycles. The Morgan fingerprint density at radius 2 is 2.08 bits per heavy atom. The molecule has 2 heterocycles. The summed E-state index contributed by atoms with van der Waals surface area (Å²) in [4.78, 5) is 26.2. The fourth-order valence-electron chi connectivity index (χ4n) is 3.32. The van der Waals surface area contributed by atoms with E-state index in [1.807, 2.05) is 0 Å². The lowest BCUT2D eigenvalue weighted by Gasteiger charge is -2.33. The predicted octanol–water partition coefficient (Wildman–Crippen LogP) is 0.950. The Balaban J connectivity index is 1.52. The number of nitrogens with one attached hydrogen (secondary N) is 2. The molecule has 2 amide bonds. The Labute approximate surface area is 150 Å². The van der Waals surface area contributed by atoms with E-state index in [1.165, 1.54) is 17.0 Å². The fourth-order valence-corrected chi connectivity index (χ4v) is 3.32. The minimum absolute atomic E-state index is 0.0273. The van der Waals surface area contributed by atoms with Gasteiger partial charge in [0.25, 0.3) is 0 Å². The summed E-state index contributed by atoms with van der Waals surface area (Å²) in [5, 5.41) is 5.83. The first-order valence-electron chi connectivity index (χ1n) is 8.87. The van der Waals surface area contributed by atoms with Gasteiger partial charge in [0, 0.05) is 38.9 Å². The molecule has 142 valence electrons. The van der Waals surface area contributed by atoms with E-state index in [2.05, 4.69) is 10.6 Å². The molecule has 2 atom stereocenters. The molecule has 8 heteroatoms. The first kappa shape index (κ1) is 18.7. The highest BCUT2D eigenvalue weighted by Gasteiger charge is 2.30. The molecule has 3 rings (SSSR count). The zero-order valence-corrected chi connectivity index (χ0v) is 14.5. The van der Waals surface area contributed by atoms with Crippen LogP contribution in [-0.4, -0.2) is 55.1 Å². The highest BCUT2D eigenvalue weighted by Crippen LogP contribution is 2.14. The smallest absolute Gasteiger partial charge is 0.240 e. The van der Waals surface area contributed by atoms with Gasteiger partial charge in [0.1, 0.15) is 11.6 Å². The lowest BCUT2D eigenvalue weighted by atomic mass is 10.1. The molecule has 2 aliphatic heterocycles. The number of rotatable bonds is 6. The van der Waals surface area contributed by atoms with Crippen LogP contribution in [0.4, 0.5) is 8.78 Å². The molecule has 1 aromatic carbocycles. The minimum Gasteiger partial charge on any atom is -0.376 e. The van der Waals surface area contributed by atoms with Crippen molar-refractivity contribution in [2.75, 3.05) is 26.2 Å². The number of carbonyl (C=O) groups is 2. The Morgan fingerprint density at radius 3 is 2.77 bits per heavy atom. The molecule has 26 heavy (non-hydrogen) atoms. The van der Waals surface area contributed by atoms with Gasteiger partial charge in [-0.2, -0.15) is 0 Å². The summed E-state index contributed by atoms with van der Waals surface area (Å²) >= 11 is 0. The number of nitrogens with zero attached hydrogens (tertiary/aromatic N) is 1. The van der Waals surface area contributed by atoms with E-state index < -0.39 is 17.7 Å². The minimum atomic E-state index is -0.673. The van der Waals surface area contributed by atoms with Crippen molar-refractivity contribution in [3.63, 3.8) is 0 Å². The number of benzene rings is 1. The van der Waals surface area contributed by atoms with E-state index in [0.717, 1.165) is 25.5 Å². The molecule has 2 saturated heterocycles. The highest BCUT2D eigenvalue weighted by molar-refractivity contribution is 5.88. The maximum atomic E-state index is 13.3. The van der Waals surface area contributed by atoms with Gasteiger partial charge >= 0.3 is 0 Å². The summed E-state index contributed by atoms with van der Waals surface area (Å²) in [7, 11) is 0. The summed E-state index contributed by atoms with van der Waals surface area (Å²) in [5.74, 6) is -1.81. The van der Waals surface area contributed by atoms with Crippen LogP contribution in [0.25, 0.3) is 0 Å². The standard InChI is InChI=1S/C18H23F2N3O3/c19-13-6-12(7-14(20)8-13)11-23-4-3-21-16(18(23)25)9-17(24)22-10-15-2-1-5-26-15/h6-8,15-16,21H,1-5,9-11H2,(H,22,24). The van der Waals surface area contributed by atoms with Gasteiger partial charge in [0.05, 0.1) is 18.6 Å². The number of piperazine rings is 1. The Kier molecular flexibility index (Phi) is 6.16. The predicted molar refractivity (Wildman–Crippen MR) is 90.2 cm³/mol. The zero-order valence-electron chi connectivity index (χ0n) is 14.5. The quantitative estimate of drug-likeness (QED) is 0.786. The average molecular weight is 367 g/mol. The molecule has 1 aromatic rings. The molecule has 2 unspecified atom stereocenters. The van der Waals surface area contributed by atoms with Crippen molar-refractivity contribution >= 4 is 11.8 Å². The van der Waals surface area contributed by atoms with Crippen LogP contribution in [0.5, 0.6) is 0 Å². The van der Waals surface area contributed by atoms with Crippen LogP contribution in [0, 0.1) is 11.6 Å². The van der Waals surface area contributed by atoms with Crippen LogP contribution in [0.2, 0.25) is 0 Å². The van der Waals surface area contributed by atoms with Crippen molar-refractivity contribution in [2.45, 2.75) is 38.0 Å². The number of ether oxygens (including phenoxy) is 1. The van der Waals surface area contributed by atoms with E-state index in [0.29, 0.717) is 25.2 Å². The molecular weight excluding hydrogens is 344 g/mol. The topological polar surface area (TPSA) is 70.7 Å². The molecule has 0 bridgehead atoms. The van der Waals surface area contributed by atoms with Crippen LogP contribution in [-0.2, 0) is 20.9 Å². The monoisotopic (exact) mass is 367 g/mol. The van der Waals surface area contributed by atoms with Gasteiger partial charge in [0.15, 0.2) is 0 Å². The molecule has 0 spiro atoms. The normalized spacial score (nSPS) is 23.3. The number of hydrogen-bond donors (Lipinski definition) is 2. The van der Waals surface area contributed by atoms with E-state index in [-0.39, 0.29) is 30.9 Å². The third kappa shape index (κ3) is 4.98. The Hall–Kier alpha value is -2.06. The van der Waals surface area contributed by atoms with Gasteiger partial charge in [0.2, 0.25) is 11.8 Å². The Bertz CT molecular complexity index is 645. The second-order valence-corrected chi connectivity index (χ2v) is 6.69. The van der Waals surface area contributed by atoms with E-state index in [4.69, 9.17) is 4.74 Å². The van der Waals surface area contributed by atoms with Crippen molar-refractivity contribution in [1.29, 1.82) is 0 Å². The molecule has 2 fully saturated rings. The third-order valence-corrected chi connectivity index (χ3v) is 4.62. The van der Waals surface area contributed by atoms with E-state index in [9.17, 15) is 18.4 Å². The molecule has 2 N–H and O–H groups in total. The highest BCUT2D eigenvalue weighted by atomic mass is 19.1. The lowest BCUT2D eigenvalue weighted by Crippen LogP contribution is -2.56. The molecule has 0 radical (unpaired) electrons. The molecule has 2 aliphatic rings. The SMILES string of the molecule is O=C(CC1NCCN(Cc2cc(F)cc(F)c2)C1=O)NCC1CCCO1. The van der Waals surface area contributed by atoms with E-state index in [1.54, 1.807) is 0 Å². The van der Waals surface area contributed by atoms with Crippen LogP contribution in [0.3, 0.4) is 0 Å². The first-order chi connectivity index (χ1) is 12.5. The third-order valence-electron chi connectivity index (χ3n) is 4.62. The lowest BCUT2D eigenvalue weighted by molar-refractivity contribution is -0.138. The van der Waals surface area contributed by atoms with Gasteiger partial charge in [-0.15, -0.1) is 0 Å². The second-order valence-electron chi connectivity index (χ2n) is 6.69. The average Bonchev–Trinajstić information content (AvgIpc) is 3.09. The van der Waals surface area contributed by atoms with Crippen molar-refractivity contribution in [2.24, 2.45) is 0 Å². The molecule has 6 nitrogen and oxygen atoms in total. The number of hydrogen-bond acceptors (Lipinski definition) is 4. The van der Waals surface area contributed by atoms with Gasteiger partial charge in [-0.1, -0.05) is 0 Å². The zero-order chi connectivity index (χ0) is 18.5. The number of amides is 2. The number of carbonyl (C=O) groups excluding carboxylic acids is 2. The summed E-state index contributed by atoms with van der Waals surface area (Å²) in [6, 6.07) is 2.58. The van der Waals surface area contributed by atoms with Crippen LogP contribution in [0.15, 0.2) is 18.2 Å². The van der Waals surface area contributed by atoms with Gasteiger partial charge in [-0.05, 0) is 30.5 Å². The van der Waals surface area contributed by atoms with Gasteiger partial charge in [-0.3, -0.25) is 9.59 Å². The summed E-state index contributed by atoms with van der Waals surface area (Å²) in [6.07, 6.45) is 2.01. The molecule has 0 aromatic heterocycles. The number of halogens is 2. The van der Waals surface area contributed by atoms with Crippen molar-refractivity contribution < 1.29 is 23.1 Å². The maximum absolute atomic E-state index is 13.3. The summed E-state index contributed by atoms with van der Waals surface area (Å²) < 4.78 is 32.1. The summed E-state index contributed by atoms with van der Waals surface area (Å²) in [5.41, 5.74) is 0.388. The first-order valence-corrected chi connectivity index (χ1v) is 8.87. The second kappa shape index (κ2) is 8.55. The van der Waals surface area contributed by atoms with Crippen molar-refractivity contribution in [3.8, 4) is 0 Å². The van der Waals surface area contributed by atoms with Crippen LogP contribution >= 0.6 is 0 Å². The fraction of sp³-hybridized carbons (Fsp3) is 0.556. The van der Waals surface area contributed by atoms with E-state index >= 15 is 0 Å². The van der Waals surface area contributed by atoms with Crippen molar-refractivity contribution in [3.05, 3.63) is 35.4 Å².